The Labute approximate surface area is 139 Å². The predicted molar refractivity (Wildman–Crippen MR) is 91.9 cm³/mol. The number of rotatable bonds is 6. The molecule has 0 heterocycles. The number of halogens is 1. The van der Waals surface area contributed by atoms with Gasteiger partial charge in [0.15, 0.2) is 0 Å². The SMILES string of the molecule is CC(O)(CCc1ccccc1)CNC(=O)c1ccc(Br)cc1. The number of aryl methyl sites for hydroxylation is 1. The van der Waals surface area contributed by atoms with Gasteiger partial charge in [-0.05, 0) is 49.6 Å². The minimum atomic E-state index is -0.930. The van der Waals surface area contributed by atoms with Gasteiger partial charge >= 0.3 is 0 Å². The van der Waals surface area contributed by atoms with Crippen molar-refractivity contribution in [2.45, 2.75) is 25.4 Å². The molecule has 0 spiro atoms. The lowest BCUT2D eigenvalue weighted by Gasteiger charge is -2.23. The summed E-state index contributed by atoms with van der Waals surface area (Å²) in [6.07, 6.45) is 1.37. The van der Waals surface area contributed by atoms with E-state index in [1.165, 1.54) is 5.56 Å². The standard InChI is InChI=1S/C18H20BrNO2/c1-18(22,12-11-14-5-3-2-4-6-14)13-20-17(21)15-7-9-16(19)10-8-15/h2-10,22H,11-13H2,1H3,(H,20,21). The topological polar surface area (TPSA) is 49.3 Å². The Kier molecular flexibility index (Phi) is 5.75. The normalized spacial score (nSPS) is 13.4. The number of aliphatic hydroxyl groups is 1. The van der Waals surface area contributed by atoms with Gasteiger partial charge in [0.25, 0.3) is 5.91 Å². The zero-order chi connectivity index (χ0) is 16.0. The van der Waals surface area contributed by atoms with Crippen molar-refractivity contribution in [3.8, 4) is 0 Å². The van der Waals surface area contributed by atoms with E-state index in [1.54, 1.807) is 19.1 Å². The average Bonchev–Trinajstić information content (AvgIpc) is 2.53. The van der Waals surface area contributed by atoms with Crippen molar-refractivity contribution in [1.29, 1.82) is 0 Å². The molecular formula is C18H20BrNO2. The van der Waals surface area contributed by atoms with Crippen LogP contribution < -0.4 is 5.32 Å². The van der Waals surface area contributed by atoms with E-state index >= 15 is 0 Å². The second kappa shape index (κ2) is 7.56. The van der Waals surface area contributed by atoms with Gasteiger partial charge in [0, 0.05) is 16.6 Å². The van der Waals surface area contributed by atoms with E-state index in [2.05, 4.69) is 21.2 Å². The Bertz CT molecular complexity index is 609. The van der Waals surface area contributed by atoms with E-state index in [4.69, 9.17) is 0 Å². The van der Waals surface area contributed by atoms with Gasteiger partial charge in [0.05, 0.1) is 5.60 Å². The number of amides is 1. The first-order valence-corrected chi connectivity index (χ1v) is 8.06. The summed E-state index contributed by atoms with van der Waals surface area (Å²) in [4.78, 5) is 12.0. The number of hydrogen-bond acceptors (Lipinski definition) is 2. The lowest BCUT2D eigenvalue weighted by Crippen LogP contribution is -2.41. The first-order valence-electron chi connectivity index (χ1n) is 7.26. The van der Waals surface area contributed by atoms with Gasteiger partial charge in [0.2, 0.25) is 0 Å². The van der Waals surface area contributed by atoms with Crippen LogP contribution in [0.5, 0.6) is 0 Å². The van der Waals surface area contributed by atoms with Gasteiger partial charge in [-0.1, -0.05) is 46.3 Å². The second-order valence-electron chi connectivity index (χ2n) is 5.67. The fourth-order valence-electron chi connectivity index (χ4n) is 2.12. The number of carbonyl (C=O) groups excluding carboxylic acids is 1. The molecule has 0 aliphatic rings. The van der Waals surface area contributed by atoms with Crippen LogP contribution in [0.2, 0.25) is 0 Å². The Balaban J connectivity index is 1.83. The lowest BCUT2D eigenvalue weighted by atomic mass is 9.96. The number of benzene rings is 2. The van der Waals surface area contributed by atoms with Gasteiger partial charge < -0.3 is 10.4 Å². The number of carbonyl (C=O) groups is 1. The van der Waals surface area contributed by atoms with E-state index in [9.17, 15) is 9.90 Å². The molecule has 22 heavy (non-hydrogen) atoms. The first-order chi connectivity index (χ1) is 10.5. The summed E-state index contributed by atoms with van der Waals surface area (Å²) in [5.41, 5.74) is 0.838. The van der Waals surface area contributed by atoms with Crippen molar-refractivity contribution < 1.29 is 9.90 Å². The highest BCUT2D eigenvalue weighted by Crippen LogP contribution is 2.14. The molecule has 0 aliphatic heterocycles. The largest absolute Gasteiger partial charge is 0.388 e. The summed E-state index contributed by atoms with van der Waals surface area (Å²) in [6.45, 7) is 1.98. The highest BCUT2D eigenvalue weighted by molar-refractivity contribution is 9.10. The van der Waals surface area contributed by atoms with Crippen molar-refractivity contribution in [1.82, 2.24) is 5.32 Å². The molecule has 0 aliphatic carbocycles. The Hall–Kier alpha value is -1.65. The number of nitrogens with one attached hydrogen (secondary N) is 1. The van der Waals surface area contributed by atoms with Gasteiger partial charge in [-0.25, -0.2) is 0 Å². The minimum Gasteiger partial charge on any atom is -0.388 e. The van der Waals surface area contributed by atoms with E-state index in [-0.39, 0.29) is 12.5 Å². The minimum absolute atomic E-state index is 0.174. The van der Waals surface area contributed by atoms with Crippen molar-refractivity contribution in [3.63, 3.8) is 0 Å². The van der Waals surface area contributed by atoms with Crippen LogP contribution in [-0.4, -0.2) is 23.2 Å². The molecule has 0 aromatic heterocycles. The maximum Gasteiger partial charge on any atom is 0.251 e. The summed E-state index contributed by atoms with van der Waals surface area (Å²) < 4.78 is 0.930. The van der Waals surface area contributed by atoms with Crippen LogP contribution in [-0.2, 0) is 6.42 Å². The summed E-state index contributed by atoms with van der Waals surface area (Å²) in [5.74, 6) is -0.174. The molecule has 116 valence electrons. The summed E-state index contributed by atoms with van der Waals surface area (Å²) >= 11 is 3.34. The molecule has 0 saturated carbocycles. The smallest absolute Gasteiger partial charge is 0.251 e. The molecule has 2 aromatic carbocycles. The zero-order valence-electron chi connectivity index (χ0n) is 12.6. The average molecular weight is 362 g/mol. The third kappa shape index (κ3) is 5.28. The lowest BCUT2D eigenvalue weighted by molar-refractivity contribution is 0.0478. The molecule has 2 N–H and O–H groups in total. The summed E-state index contributed by atoms with van der Waals surface area (Å²) in [5, 5.41) is 13.2. The zero-order valence-corrected chi connectivity index (χ0v) is 14.1. The monoisotopic (exact) mass is 361 g/mol. The van der Waals surface area contributed by atoms with Crippen LogP contribution in [0, 0.1) is 0 Å². The quantitative estimate of drug-likeness (QED) is 0.826. The molecule has 3 nitrogen and oxygen atoms in total. The fourth-order valence-corrected chi connectivity index (χ4v) is 2.39. The molecule has 0 radical (unpaired) electrons. The first kappa shape index (κ1) is 16.7. The Morgan fingerprint density at radius 1 is 1.14 bits per heavy atom. The Morgan fingerprint density at radius 2 is 1.77 bits per heavy atom. The predicted octanol–water partition coefficient (Wildman–Crippen LogP) is 3.56. The maximum absolute atomic E-state index is 12.0. The molecule has 1 amide bonds. The number of hydrogen-bond donors (Lipinski definition) is 2. The summed E-state index contributed by atoms with van der Waals surface area (Å²) in [6, 6.07) is 17.2. The van der Waals surface area contributed by atoms with Crippen LogP contribution in [0.3, 0.4) is 0 Å². The maximum atomic E-state index is 12.0. The van der Waals surface area contributed by atoms with Gasteiger partial charge in [-0.2, -0.15) is 0 Å². The van der Waals surface area contributed by atoms with Crippen molar-refractivity contribution >= 4 is 21.8 Å². The van der Waals surface area contributed by atoms with Gasteiger partial charge in [0.1, 0.15) is 0 Å². The molecule has 0 bridgehead atoms. The van der Waals surface area contributed by atoms with Crippen molar-refractivity contribution in [2.75, 3.05) is 6.54 Å². The van der Waals surface area contributed by atoms with Crippen molar-refractivity contribution in [3.05, 3.63) is 70.2 Å². The molecule has 2 aromatic rings. The highest BCUT2D eigenvalue weighted by atomic mass is 79.9. The van der Waals surface area contributed by atoms with Crippen LogP contribution >= 0.6 is 15.9 Å². The van der Waals surface area contributed by atoms with E-state index in [1.807, 2.05) is 42.5 Å². The molecule has 4 heteroatoms. The fraction of sp³-hybridized carbons (Fsp3) is 0.278. The van der Waals surface area contributed by atoms with Gasteiger partial charge in [-0.3, -0.25) is 4.79 Å². The van der Waals surface area contributed by atoms with E-state index in [0.29, 0.717) is 12.0 Å². The third-order valence-corrected chi connectivity index (χ3v) is 4.06. The second-order valence-corrected chi connectivity index (χ2v) is 6.59. The van der Waals surface area contributed by atoms with Crippen LogP contribution in [0.15, 0.2) is 59.1 Å². The van der Waals surface area contributed by atoms with E-state index < -0.39 is 5.60 Å². The van der Waals surface area contributed by atoms with Crippen LogP contribution in [0.25, 0.3) is 0 Å². The molecule has 0 fully saturated rings. The van der Waals surface area contributed by atoms with E-state index in [0.717, 1.165) is 10.9 Å². The Morgan fingerprint density at radius 3 is 2.41 bits per heavy atom. The molecule has 0 saturated heterocycles. The van der Waals surface area contributed by atoms with Crippen LogP contribution in [0.1, 0.15) is 29.3 Å². The molecule has 1 atom stereocenters. The molecular weight excluding hydrogens is 342 g/mol. The molecule has 1 unspecified atom stereocenters. The van der Waals surface area contributed by atoms with Gasteiger partial charge in [-0.15, -0.1) is 0 Å². The molecule has 2 rings (SSSR count). The van der Waals surface area contributed by atoms with Crippen LogP contribution in [0.4, 0.5) is 0 Å². The van der Waals surface area contributed by atoms with Crippen molar-refractivity contribution in [2.24, 2.45) is 0 Å². The highest BCUT2D eigenvalue weighted by Gasteiger charge is 2.21. The third-order valence-electron chi connectivity index (χ3n) is 3.53. The summed E-state index contributed by atoms with van der Waals surface area (Å²) in [7, 11) is 0.